The van der Waals surface area contributed by atoms with E-state index in [4.69, 9.17) is 0 Å². The van der Waals surface area contributed by atoms with Gasteiger partial charge in [0.15, 0.2) is 0 Å². The molecule has 0 unspecified atom stereocenters. The first-order chi connectivity index (χ1) is 27.3. The quantitative estimate of drug-likeness (QED) is 0.165. The second kappa shape index (κ2) is 17.0. The maximum Gasteiger partial charge on any atom is 0.210 e. The molecule has 0 atom stereocenters. The summed E-state index contributed by atoms with van der Waals surface area (Å²) < 4.78 is 40.5. The summed E-state index contributed by atoms with van der Waals surface area (Å²) in [6, 6.07) is 14.7. The Morgan fingerprint density at radius 1 is 0.724 bits per heavy atom. The lowest BCUT2D eigenvalue weighted by atomic mass is 9.77. The fourth-order valence-corrected chi connectivity index (χ4v) is 10.1. The van der Waals surface area contributed by atoms with Crippen molar-refractivity contribution in [2.24, 2.45) is 5.92 Å². The van der Waals surface area contributed by atoms with Crippen LogP contribution in [-0.4, -0.2) is 18.7 Å². The topological polar surface area (TPSA) is 83.2 Å². The summed E-state index contributed by atoms with van der Waals surface area (Å²) in [6.45, 7) is 28.0. The third-order valence-corrected chi connectivity index (χ3v) is 13.9. The molecule has 58 heavy (non-hydrogen) atoms. The van der Waals surface area contributed by atoms with Gasteiger partial charge in [-0.15, -0.1) is 0 Å². The van der Waals surface area contributed by atoms with Crippen LogP contribution in [0.3, 0.4) is 0 Å². The average Bonchev–Trinajstić information content (AvgIpc) is 3.17. The molecule has 2 N–H and O–H groups in total. The van der Waals surface area contributed by atoms with Gasteiger partial charge in [0.05, 0.1) is 4.90 Å². The smallest absolute Gasteiger partial charge is 0.210 e. The van der Waals surface area contributed by atoms with Gasteiger partial charge in [0.1, 0.15) is 10.1 Å². The van der Waals surface area contributed by atoms with E-state index < -0.39 is 10.1 Å². The number of aryl methyl sites for hydroxylation is 5. The van der Waals surface area contributed by atoms with E-state index >= 15 is 0 Å². The lowest BCUT2D eigenvalue weighted by Gasteiger charge is -2.30. The highest BCUT2D eigenvalue weighted by Gasteiger charge is 2.30. The Bertz CT molecular complexity index is 2520. The molecule has 0 aliphatic heterocycles. The molecule has 0 aromatic heterocycles. The van der Waals surface area contributed by atoms with Crippen molar-refractivity contribution in [2.75, 3.05) is 5.32 Å². The lowest BCUT2D eigenvalue weighted by Crippen LogP contribution is -2.67. The fraction of sp³-hybridized carbons (Fsp3) is 0.404. The number of nitrogens with one attached hydrogen (secondary N) is 2. The maximum atomic E-state index is 13.5. The third kappa shape index (κ3) is 8.60. The summed E-state index contributed by atoms with van der Waals surface area (Å²) in [4.78, 5) is 3.69. The van der Waals surface area contributed by atoms with Gasteiger partial charge in [-0.05, 0) is 196 Å². The largest absolute Gasteiger partial charge is 0.744 e. The molecular formula is C52H64N2O3S. The van der Waals surface area contributed by atoms with Crippen LogP contribution in [0.2, 0.25) is 0 Å². The minimum Gasteiger partial charge on any atom is -0.744 e. The summed E-state index contributed by atoms with van der Waals surface area (Å²) in [5.74, 6) is 0.454. The number of anilines is 2. The first kappa shape index (κ1) is 43.1. The van der Waals surface area contributed by atoms with Crippen molar-refractivity contribution < 1.29 is 18.0 Å². The van der Waals surface area contributed by atoms with Gasteiger partial charge in [-0.2, -0.15) is 0 Å². The van der Waals surface area contributed by atoms with Crippen molar-refractivity contribution >= 4 is 38.5 Å². The molecule has 0 amide bonds. The van der Waals surface area contributed by atoms with Crippen LogP contribution in [0.5, 0.6) is 0 Å². The Kier molecular flexibility index (Phi) is 12.6. The fourth-order valence-electron chi connectivity index (χ4n) is 9.28. The van der Waals surface area contributed by atoms with Crippen LogP contribution in [0.4, 0.5) is 17.1 Å². The van der Waals surface area contributed by atoms with Gasteiger partial charge in [-0.25, -0.2) is 13.4 Å². The van der Waals surface area contributed by atoms with Crippen molar-refractivity contribution in [3.8, 4) is 0 Å². The van der Waals surface area contributed by atoms with Crippen LogP contribution >= 0.6 is 0 Å². The second-order valence-corrected chi connectivity index (χ2v) is 19.2. The van der Waals surface area contributed by atoms with E-state index in [1.54, 1.807) is 6.07 Å². The predicted molar refractivity (Wildman–Crippen MR) is 243 cm³/mol. The molecule has 0 spiro atoms. The molecule has 4 aromatic rings. The van der Waals surface area contributed by atoms with E-state index in [2.05, 4.69) is 148 Å². The monoisotopic (exact) mass is 796 g/mol. The van der Waals surface area contributed by atoms with Crippen LogP contribution in [-0.2, 0) is 10.1 Å². The number of hydrogen-bond acceptors (Lipinski definition) is 4. The van der Waals surface area contributed by atoms with E-state index in [0.717, 1.165) is 93.9 Å². The van der Waals surface area contributed by atoms with Gasteiger partial charge in [0, 0.05) is 39.7 Å². The zero-order valence-electron chi connectivity index (χ0n) is 37.2. The third-order valence-electron chi connectivity index (χ3n) is 13.0. The Morgan fingerprint density at radius 2 is 1.36 bits per heavy atom. The maximum absolute atomic E-state index is 13.5. The first-order valence-electron chi connectivity index (χ1n) is 21.2. The summed E-state index contributed by atoms with van der Waals surface area (Å²) in [7, 11) is -4.86. The van der Waals surface area contributed by atoms with Gasteiger partial charge in [0.2, 0.25) is 11.4 Å². The lowest BCUT2D eigenvalue weighted by molar-refractivity contribution is -0.353. The molecule has 0 saturated heterocycles. The minimum absolute atomic E-state index is 0.132. The summed E-state index contributed by atoms with van der Waals surface area (Å²) in [6.07, 6.45) is 11.7. The van der Waals surface area contributed by atoms with E-state index in [9.17, 15) is 13.0 Å². The van der Waals surface area contributed by atoms with E-state index in [1.807, 2.05) is 6.92 Å². The molecule has 0 heterocycles. The van der Waals surface area contributed by atoms with Crippen LogP contribution in [0.25, 0.3) is 5.57 Å². The zero-order chi connectivity index (χ0) is 42.4. The SMILES string of the molecule is Cc1cc(C2CCCCC2)c(C(=C2C=CC(=[NH+]c3c(C)cc(C)c(C)c3C)C(C(C)C)=C2)c2ccc(Nc3c(C)cc(C)c(C)c3C)c(C(C)C)c2)c(S(=O)(=O)[O-])c1. The van der Waals surface area contributed by atoms with Gasteiger partial charge >= 0.3 is 0 Å². The van der Waals surface area contributed by atoms with Crippen LogP contribution in [0.1, 0.15) is 144 Å². The van der Waals surface area contributed by atoms with Crippen molar-refractivity contribution in [1.29, 1.82) is 0 Å². The van der Waals surface area contributed by atoms with Gasteiger partial charge < -0.3 is 9.87 Å². The highest BCUT2D eigenvalue weighted by Crippen LogP contribution is 2.45. The number of allylic oxidation sites excluding steroid dienone is 5. The van der Waals surface area contributed by atoms with Crippen LogP contribution < -0.4 is 10.3 Å². The minimum atomic E-state index is -4.86. The standard InChI is InChI=1S/C52H64N2O3S/c1-29(2)43-27-41(19-21-46(43)53-51-34(8)25-32(6)36(10)38(51)12)49(50-45(40-17-15-14-16-18-40)23-31(5)24-48(50)58(55,56)57)42-20-22-47(44(28-42)30(3)4)54-52-35(9)26-33(7)37(11)39(52)13/h19-30,40,53H,14-18H2,1-13H3,(H,55,56,57). The Labute approximate surface area is 349 Å². The molecule has 1 saturated carbocycles. The van der Waals surface area contributed by atoms with Crippen molar-refractivity contribution in [2.45, 2.75) is 139 Å². The van der Waals surface area contributed by atoms with Crippen molar-refractivity contribution in [1.82, 2.24) is 0 Å². The molecule has 2 aliphatic rings. The van der Waals surface area contributed by atoms with Crippen LogP contribution in [0.15, 0.2) is 76.7 Å². The number of benzene rings is 4. The molecule has 6 rings (SSSR count). The Hall–Kier alpha value is -4.52. The van der Waals surface area contributed by atoms with Gasteiger partial charge in [-0.3, -0.25) is 0 Å². The van der Waals surface area contributed by atoms with Crippen molar-refractivity contribution in [3.05, 3.63) is 144 Å². The molecule has 4 aromatic carbocycles. The Balaban J connectivity index is 1.68. The molecule has 0 bridgehead atoms. The average molecular weight is 797 g/mol. The highest BCUT2D eigenvalue weighted by molar-refractivity contribution is 7.85. The van der Waals surface area contributed by atoms with E-state index in [-0.39, 0.29) is 22.6 Å². The second-order valence-electron chi connectivity index (χ2n) is 17.8. The normalized spacial score (nSPS) is 16.8. The summed E-state index contributed by atoms with van der Waals surface area (Å²) >= 11 is 0. The molecule has 5 nitrogen and oxygen atoms in total. The Morgan fingerprint density at radius 3 is 1.98 bits per heavy atom. The summed E-state index contributed by atoms with van der Waals surface area (Å²) in [5.41, 5.74) is 21.3. The number of hydrogen-bond donors (Lipinski definition) is 2. The predicted octanol–water partition coefficient (Wildman–Crippen LogP) is 12.1. The van der Waals surface area contributed by atoms with E-state index in [1.165, 1.54) is 44.5 Å². The number of rotatable bonds is 9. The summed E-state index contributed by atoms with van der Waals surface area (Å²) in [5, 5.41) is 3.82. The van der Waals surface area contributed by atoms with Gasteiger partial charge in [-0.1, -0.05) is 65.2 Å². The van der Waals surface area contributed by atoms with Crippen LogP contribution in [0, 0.1) is 68.2 Å². The van der Waals surface area contributed by atoms with E-state index in [0.29, 0.717) is 5.56 Å². The van der Waals surface area contributed by atoms with Gasteiger partial charge in [0.25, 0.3) is 0 Å². The molecular weight excluding hydrogens is 733 g/mol. The zero-order valence-corrected chi connectivity index (χ0v) is 38.0. The van der Waals surface area contributed by atoms with Crippen molar-refractivity contribution in [3.63, 3.8) is 0 Å². The molecule has 0 radical (unpaired) electrons. The molecule has 2 aliphatic carbocycles. The highest BCUT2D eigenvalue weighted by atomic mass is 32.2. The molecule has 1 fully saturated rings. The first-order valence-corrected chi connectivity index (χ1v) is 22.6. The molecule has 306 valence electrons. The molecule has 6 heteroatoms.